The summed E-state index contributed by atoms with van der Waals surface area (Å²) in [5.41, 5.74) is 1.79. The van der Waals surface area contributed by atoms with Crippen LogP contribution in [0.5, 0.6) is 0 Å². The van der Waals surface area contributed by atoms with E-state index >= 15 is 0 Å². The first-order chi connectivity index (χ1) is 12.4. The first-order valence-corrected chi connectivity index (χ1v) is 10.9. The van der Waals surface area contributed by atoms with Gasteiger partial charge in [-0.15, -0.1) is 0 Å². The Hall–Kier alpha value is -1.64. The molecule has 1 aromatic carbocycles. The molecule has 2 fully saturated rings. The van der Waals surface area contributed by atoms with Gasteiger partial charge in [-0.3, -0.25) is 4.79 Å². The van der Waals surface area contributed by atoms with Crippen molar-refractivity contribution in [3.8, 4) is 0 Å². The Morgan fingerprint density at radius 2 is 1.65 bits per heavy atom. The fourth-order valence-corrected chi connectivity index (χ4v) is 4.27. The molecule has 1 aromatic rings. The van der Waals surface area contributed by atoms with Gasteiger partial charge < -0.3 is 14.5 Å². The first kappa shape index (κ1) is 19.1. The molecule has 2 saturated heterocycles. The third-order valence-electron chi connectivity index (χ3n) is 5.28. The second-order valence-electron chi connectivity index (χ2n) is 6.95. The van der Waals surface area contributed by atoms with Gasteiger partial charge in [0.1, 0.15) is 0 Å². The van der Waals surface area contributed by atoms with Crippen molar-refractivity contribution >= 4 is 21.6 Å². The molecular weight excluding hydrogens is 354 g/mol. The second-order valence-corrected chi connectivity index (χ2v) is 8.99. The van der Waals surface area contributed by atoms with Crippen LogP contribution in [0.3, 0.4) is 0 Å². The number of nitrogens with zero attached hydrogens (tertiary/aromatic N) is 3. The Balaban J connectivity index is 1.58. The van der Waals surface area contributed by atoms with Crippen LogP contribution in [0.4, 0.5) is 5.69 Å². The fourth-order valence-electron chi connectivity index (χ4n) is 3.52. The molecule has 8 heteroatoms. The number of morpholine rings is 1. The van der Waals surface area contributed by atoms with Crippen LogP contribution in [0, 0.1) is 0 Å². The van der Waals surface area contributed by atoms with Crippen LogP contribution in [0.2, 0.25) is 0 Å². The van der Waals surface area contributed by atoms with Gasteiger partial charge in [0.25, 0.3) is 5.91 Å². The Labute approximate surface area is 155 Å². The lowest BCUT2D eigenvalue weighted by Crippen LogP contribution is -2.47. The van der Waals surface area contributed by atoms with Gasteiger partial charge in [-0.05, 0) is 37.1 Å². The van der Waals surface area contributed by atoms with Crippen molar-refractivity contribution in [2.75, 3.05) is 57.6 Å². The van der Waals surface area contributed by atoms with Gasteiger partial charge in [-0.25, -0.2) is 12.7 Å². The molecule has 0 spiro atoms. The topological polar surface area (TPSA) is 70.2 Å². The monoisotopic (exact) mass is 381 g/mol. The maximum absolute atomic E-state index is 12.7. The summed E-state index contributed by atoms with van der Waals surface area (Å²) < 4.78 is 30.1. The summed E-state index contributed by atoms with van der Waals surface area (Å²) in [6, 6.07) is 7.70. The van der Waals surface area contributed by atoms with Gasteiger partial charge in [0, 0.05) is 50.5 Å². The quantitative estimate of drug-likeness (QED) is 0.779. The minimum atomic E-state index is -3.19. The van der Waals surface area contributed by atoms with Crippen molar-refractivity contribution in [2.45, 2.75) is 18.9 Å². The van der Waals surface area contributed by atoms with Crippen LogP contribution in [0.25, 0.3) is 0 Å². The van der Waals surface area contributed by atoms with Gasteiger partial charge in [-0.2, -0.15) is 0 Å². The van der Waals surface area contributed by atoms with E-state index in [1.807, 2.05) is 29.2 Å². The van der Waals surface area contributed by atoms with E-state index in [-0.39, 0.29) is 11.9 Å². The first-order valence-electron chi connectivity index (χ1n) is 9.01. The van der Waals surface area contributed by atoms with E-state index in [0.29, 0.717) is 31.5 Å². The molecule has 2 heterocycles. The molecule has 0 aromatic heterocycles. The maximum atomic E-state index is 12.7. The van der Waals surface area contributed by atoms with Crippen LogP contribution < -0.4 is 4.90 Å². The van der Waals surface area contributed by atoms with E-state index < -0.39 is 10.0 Å². The number of ether oxygens (including phenoxy) is 1. The number of hydrogen-bond acceptors (Lipinski definition) is 5. The molecule has 144 valence electrons. The van der Waals surface area contributed by atoms with E-state index in [0.717, 1.165) is 32.0 Å². The molecular formula is C18H27N3O4S. The van der Waals surface area contributed by atoms with Crippen molar-refractivity contribution in [3.05, 3.63) is 29.8 Å². The van der Waals surface area contributed by atoms with Crippen LogP contribution in [-0.2, 0) is 14.8 Å². The highest BCUT2D eigenvalue weighted by Crippen LogP contribution is 2.21. The van der Waals surface area contributed by atoms with Crippen molar-refractivity contribution in [3.63, 3.8) is 0 Å². The maximum Gasteiger partial charge on any atom is 0.253 e. The lowest BCUT2D eigenvalue weighted by molar-refractivity contribution is 0.0686. The molecule has 2 aliphatic rings. The van der Waals surface area contributed by atoms with Crippen LogP contribution in [0.1, 0.15) is 23.2 Å². The molecule has 0 aliphatic carbocycles. The number of sulfonamides is 1. The molecule has 0 bridgehead atoms. The number of rotatable bonds is 4. The minimum absolute atomic E-state index is 0.0130. The highest BCUT2D eigenvalue weighted by atomic mass is 32.2. The third kappa shape index (κ3) is 4.36. The van der Waals surface area contributed by atoms with E-state index in [1.54, 1.807) is 7.05 Å². The largest absolute Gasteiger partial charge is 0.378 e. The summed E-state index contributed by atoms with van der Waals surface area (Å²) in [6.45, 7) is 4.36. The zero-order chi connectivity index (χ0) is 18.7. The number of anilines is 1. The summed E-state index contributed by atoms with van der Waals surface area (Å²) in [5.74, 6) is 0.0130. The summed E-state index contributed by atoms with van der Waals surface area (Å²) in [4.78, 5) is 16.8. The number of piperidine rings is 1. The Morgan fingerprint density at radius 3 is 2.19 bits per heavy atom. The van der Waals surface area contributed by atoms with E-state index in [1.165, 1.54) is 10.6 Å². The van der Waals surface area contributed by atoms with Gasteiger partial charge in [0.2, 0.25) is 10.0 Å². The predicted molar refractivity (Wildman–Crippen MR) is 101 cm³/mol. The number of carbonyl (C=O) groups is 1. The zero-order valence-electron chi connectivity index (χ0n) is 15.4. The molecule has 26 heavy (non-hydrogen) atoms. The van der Waals surface area contributed by atoms with Crippen LogP contribution in [-0.4, -0.2) is 82.3 Å². The average Bonchev–Trinajstić information content (AvgIpc) is 2.67. The molecule has 0 N–H and O–H groups in total. The highest BCUT2D eigenvalue weighted by molar-refractivity contribution is 7.88. The van der Waals surface area contributed by atoms with Gasteiger partial charge >= 0.3 is 0 Å². The van der Waals surface area contributed by atoms with Crippen molar-refractivity contribution < 1.29 is 17.9 Å². The van der Waals surface area contributed by atoms with E-state index in [2.05, 4.69) is 4.90 Å². The number of amides is 1. The number of benzene rings is 1. The Kier molecular flexibility index (Phi) is 5.84. The zero-order valence-corrected chi connectivity index (χ0v) is 16.2. The lowest BCUT2D eigenvalue weighted by atomic mass is 10.0. The summed E-state index contributed by atoms with van der Waals surface area (Å²) >= 11 is 0. The normalized spacial score (nSPS) is 19.8. The molecule has 0 unspecified atom stereocenters. The highest BCUT2D eigenvalue weighted by Gasteiger charge is 2.29. The lowest BCUT2D eigenvalue weighted by Gasteiger charge is -2.35. The molecule has 2 aliphatic heterocycles. The molecule has 7 nitrogen and oxygen atoms in total. The molecule has 0 atom stereocenters. The smallest absolute Gasteiger partial charge is 0.253 e. The van der Waals surface area contributed by atoms with E-state index in [4.69, 9.17) is 4.74 Å². The predicted octanol–water partition coefficient (Wildman–Crippen LogP) is 1.02. The summed E-state index contributed by atoms with van der Waals surface area (Å²) in [6.07, 6.45) is 2.56. The second kappa shape index (κ2) is 7.94. The standard InChI is InChI=1S/C18H27N3O4S/c1-19(26(2,23)24)16-7-9-21(10-8-16)18(22)15-3-5-17(6-4-15)20-11-13-25-14-12-20/h3-6,16H,7-14H2,1-2H3. The fraction of sp³-hybridized carbons (Fsp3) is 0.611. The number of likely N-dealkylation sites (tertiary alicyclic amines) is 1. The summed E-state index contributed by atoms with van der Waals surface area (Å²) in [5, 5.41) is 0. The number of hydrogen-bond donors (Lipinski definition) is 0. The van der Waals surface area contributed by atoms with Gasteiger partial charge in [-0.1, -0.05) is 0 Å². The number of carbonyl (C=O) groups excluding carboxylic acids is 1. The Bertz CT molecular complexity index is 721. The minimum Gasteiger partial charge on any atom is -0.378 e. The van der Waals surface area contributed by atoms with Crippen LogP contribution >= 0.6 is 0 Å². The molecule has 0 saturated carbocycles. The Morgan fingerprint density at radius 1 is 1.08 bits per heavy atom. The van der Waals surface area contributed by atoms with Gasteiger partial charge in [0.15, 0.2) is 0 Å². The SMILES string of the molecule is CN(C1CCN(C(=O)c2ccc(N3CCOCC3)cc2)CC1)S(C)(=O)=O. The van der Waals surface area contributed by atoms with Crippen molar-refractivity contribution in [2.24, 2.45) is 0 Å². The van der Waals surface area contributed by atoms with E-state index in [9.17, 15) is 13.2 Å². The van der Waals surface area contributed by atoms with Crippen molar-refractivity contribution in [1.82, 2.24) is 9.21 Å². The summed E-state index contributed by atoms with van der Waals surface area (Å²) in [7, 11) is -1.58. The van der Waals surface area contributed by atoms with Crippen LogP contribution in [0.15, 0.2) is 24.3 Å². The molecule has 0 radical (unpaired) electrons. The molecule has 1 amide bonds. The average molecular weight is 381 g/mol. The molecule has 3 rings (SSSR count). The third-order valence-corrected chi connectivity index (χ3v) is 6.62. The van der Waals surface area contributed by atoms with Gasteiger partial charge in [0.05, 0.1) is 19.5 Å². The van der Waals surface area contributed by atoms with Crippen molar-refractivity contribution in [1.29, 1.82) is 0 Å².